The summed E-state index contributed by atoms with van der Waals surface area (Å²) in [5.41, 5.74) is 0.658. The van der Waals surface area contributed by atoms with Crippen LogP contribution in [0.25, 0.3) is 0 Å². The standard InChI is InChI=1S/C14H16N2OS/c1-3-16(10-13-5-4-8-18-13)14-7-6-12(9-15-14)11(2)17/h4-9H,3,10H2,1-2H3. The van der Waals surface area contributed by atoms with E-state index in [-0.39, 0.29) is 5.78 Å². The maximum Gasteiger partial charge on any atom is 0.161 e. The SMILES string of the molecule is CCN(Cc1cccs1)c1ccc(C(C)=O)cn1. The highest BCUT2D eigenvalue weighted by Gasteiger charge is 2.08. The number of aromatic nitrogens is 1. The maximum absolute atomic E-state index is 11.2. The average Bonchev–Trinajstić information content (AvgIpc) is 2.89. The molecule has 2 rings (SSSR count). The van der Waals surface area contributed by atoms with Crippen LogP contribution in [0, 0.1) is 0 Å². The zero-order valence-electron chi connectivity index (χ0n) is 10.6. The van der Waals surface area contributed by atoms with E-state index in [1.54, 1.807) is 24.5 Å². The molecule has 0 aliphatic carbocycles. The molecule has 0 saturated heterocycles. The third-order valence-corrected chi connectivity index (χ3v) is 3.65. The van der Waals surface area contributed by atoms with Gasteiger partial charge in [0.2, 0.25) is 0 Å². The molecule has 0 atom stereocenters. The third kappa shape index (κ3) is 2.96. The second-order valence-electron chi connectivity index (χ2n) is 4.05. The molecule has 0 amide bonds. The number of rotatable bonds is 5. The largest absolute Gasteiger partial charge is 0.352 e. The van der Waals surface area contributed by atoms with Gasteiger partial charge in [-0.05, 0) is 37.4 Å². The van der Waals surface area contributed by atoms with Gasteiger partial charge in [0.1, 0.15) is 5.82 Å². The van der Waals surface area contributed by atoms with E-state index < -0.39 is 0 Å². The summed E-state index contributed by atoms with van der Waals surface area (Å²) in [5, 5.41) is 2.08. The van der Waals surface area contributed by atoms with E-state index in [9.17, 15) is 4.79 Å². The Labute approximate surface area is 111 Å². The molecule has 2 heterocycles. The van der Waals surface area contributed by atoms with Crippen molar-refractivity contribution >= 4 is 22.9 Å². The number of hydrogen-bond acceptors (Lipinski definition) is 4. The van der Waals surface area contributed by atoms with Crippen LogP contribution in [0.1, 0.15) is 29.1 Å². The molecular formula is C14H16N2OS. The van der Waals surface area contributed by atoms with Crippen LogP contribution in [0.15, 0.2) is 35.8 Å². The van der Waals surface area contributed by atoms with E-state index in [1.165, 1.54) is 4.88 Å². The van der Waals surface area contributed by atoms with Gasteiger partial charge in [-0.15, -0.1) is 11.3 Å². The minimum absolute atomic E-state index is 0.0513. The van der Waals surface area contributed by atoms with E-state index in [1.807, 2.05) is 12.1 Å². The predicted octanol–water partition coefficient (Wildman–Crippen LogP) is 3.37. The Morgan fingerprint density at radius 2 is 2.22 bits per heavy atom. The predicted molar refractivity (Wildman–Crippen MR) is 75.3 cm³/mol. The number of pyridine rings is 1. The molecule has 94 valence electrons. The van der Waals surface area contributed by atoms with Crippen LogP contribution >= 0.6 is 11.3 Å². The summed E-state index contributed by atoms with van der Waals surface area (Å²) in [6, 6.07) is 7.92. The number of anilines is 1. The molecule has 0 spiro atoms. The van der Waals surface area contributed by atoms with Crippen molar-refractivity contribution in [3.8, 4) is 0 Å². The van der Waals surface area contributed by atoms with Crippen LogP contribution < -0.4 is 4.90 Å². The molecular weight excluding hydrogens is 244 g/mol. The minimum atomic E-state index is 0.0513. The Morgan fingerprint density at radius 3 is 2.72 bits per heavy atom. The van der Waals surface area contributed by atoms with E-state index in [0.717, 1.165) is 18.9 Å². The van der Waals surface area contributed by atoms with E-state index in [2.05, 4.69) is 34.3 Å². The lowest BCUT2D eigenvalue weighted by molar-refractivity contribution is 0.101. The van der Waals surface area contributed by atoms with Gasteiger partial charge in [0.15, 0.2) is 5.78 Å². The van der Waals surface area contributed by atoms with Gasteiger partial charge >= 0.3 is 0 Å². The van der Waals surface area contributed by atoms with Crippen molar-refractivity contribution < 1.29 is 4.79 Å². The Morgan fingerprint density at radius 1 is 1.39 bits per heavy atom. The summed E-state index contributed by atoms with van der Waals surface area (Å²) < 4.78 is 0. The molecule has 2 aromatic heterocycles. The minimum Gasteiger partial charge on any atom is -0.352 e. The normalized spacial score (nSPS) is 10.3. The van der Waals surface area contributed by atoms with Gasteiger partial charge in [0.25, 0.3) is 0 Å². The highest BCUT2D eigenvalue weighted by atomic mass is 32.1. The second-order valence-corrected chi connectivity index (χ2v) is 5.09. The summed E-state index contributed by atoms with van der Waals surface area (Å²) in [4.78, 5) is 19.1. The molecule has 4 heteroatoms. The van der Waals surface area contributed by atoms with Crippen LogP contribution in [0.4, 0.5) is 5.82 Å². The molecule has 0 unspecified atom stereocenters. The van der Waals surface area contributed by atoms with Gasteiger partial charge in [-0.25, -0.2) is 4.98 Å². The first-order chi connectivity index (χ1) is 8.70. The number of thiophene rings is 1. The number of nitrogens with zero attached hydrogens (tertiary/aromatic N) is 2. The van der Waals surface area contributed by atoms with Crippen LogP contribution in [0.5, 0.6) is 0 Å². The Bertz CT molecular complexity index is 505. The van der Waals surface area contributed by atoms with Crippen molar-refractivity contribution in [1.82, 2.24) is 4.98 Å². The van der Waals surface area contributed by atoms with E-state index in [0.29, 0.717) is 5.56 Å². The molecule has 0 aliphatic rings. The number of Topliss-reactive ketones (excluding diaryl/α,β-unsaturated/α-hetero) is 1. The van der Waals surface area contributed by atoms with E-state index >= 15 is 0 Å². The molecule has 0 bridgehead atoms. The van der Waals surface area contributed by atoms with Crippen molar-refractivity contribution in [1.29, 1.82) is 0 Å². The Balaban J connectivity index is 2.14. The van der Waals surface area contributed by atoms with E-state index in [4.69, 9.17) is 0 Å². The lowest BCUT2D eigenvalue weighted by Crippen LogP contribution is -2.22. The lowest BCUT2D eigenvalue weighted by Gasteiger charge is -2.21. The number of carbonyl (C=O) groups excluding carboxylic acids is 1. The zero-order chi connectivity index (χ0) is 13.0. The topological polar surface area (TPSA) is 33.2 Å². The van der Waals surface area contributed by atoms with Gasteiger partial charge in [0, 0.05) is 23.2 Å². The second kappa shape index (κ2) is 5.78. The van der Waals surface area contributed by atoms with Gasteiger partial charge in [-0.2, -0.15) is 0 Å². The first kappa shape index (κ1) is 12.8. The molecule has 2 aromatic rings. The van der Waals surface area contributed by atoms with Crippen LogP contribution in [-0.2, 0) is 6.54 Å². The van der Waals surface area contributed by atoms with Gasteiger partial charge < -0.3 is 4.90 Å². The van der Waals surface area contributed by atoms with Crippen LogP contribution in [0.3, 0.4) is 0 Å². The average molecular weight is 260 g/mol. The zero-order valence-corrected chi connectivity index (χ0v) is 11.4. The fourth-order valence-corrected chi connectivity index (χ4v) is 2.45. The third-order valence-electron chi connectivity index (χ3n) is 2.79. The summed E-state index contributed by atoms with van der Waals surface area (Å²) in [6.07, 6.45) is 1.65. The Kier molecular flexibility index (Phi) is 4.10. The van der Waals surface area contributed by atoms with Crippen molar-refractivity contribution in [2.24, 2.45) is 0 Å². The lowest BCUT2D eigenvalue weighted by atomic mass is 10.2. The molecule has 0 N–H and O–H groups in total. The highest BCUT2D eigenvalue weighted by molar-refractivity contribution is 7.09. The quantitative estimate of drug-likeness (QED) is 0.773. The summed E-state index contributed by atoms with van der Waals surface area (Å²) in [7, 11) is 0. The first-order valence-corrected chi connectivity index (χ1v) is 6.83. The first-order valence-electron chi connectivity index (χ1n) is 5.95. The maximum atomic E-state index is 11.2. The number of ketones is 1. The summed E-state index contributed by atoms with van der Waals surface area (Å²) in [5.74, 6) is 0.964. The molecule has 0 aromatic carbocycles. The number of carbonyl (C=O) groups is 1. The van der Waals surface area contributed by atoms with Crippen LogP contribution in [0.2, 0.25) is 0 Å². The van der Waals surface area contributed by atoms with Crippen molar-refractivity contribution in [2.75, 3.05) is 11.4 Å². The number of hydrogen-bond donors (Lipinski definition) is 0. The van der Waals surface area contributed by atoms with Gasteiger partial charge in [-0.3, -0.25) is 4.79 Å². The van der Waals surface area contributed by atoms with Crippen LogP contribution in [-0.4, -0.2) is 17.3 Å². The molecule has 0 fully saturated rings. The summed E-state index contributed by atoms with van der Waals surface area (Å²) in [6.45, 7) is 5.42. The van der Waals surface area contributed by atoms with Crippen molar-refractivity contribution in [2.45, 2.75) is 20.4 Å². The van der Waals surface area contributed by atoms with Gasteiger partial charge in [0.05, 0.1) is 6.54 Å². The summed E-state index contributed by atoms with van der Waals surface area (Å²) >= 11 is 1.75. The van der Waals surface area contributed by atoms with Crippen molar-refractivity contribution in [3.63, 3.8) is 0 Å². The smallest absolute Gasteiger partial charge is 0.161 e. The fourth-order valence-electron chi connectivity index (χ4n) is 1.73. The fraction of sp³-hybridized carbons (Fsp3) is 0.286. The molecule has 0 radical (unpaired) electrons. The molecule has 18 heavy (non-hydrogen) atoms. The van der Waals surface area contributed by atoms with Gasteiger partial charge in [-0.1, -0.05) is 6.07 Å². The highest BCUT2D eigenvalue weighted by Crippen LogP contribution is 2.17. The molecule has 3 nitrogen and oxygen atoms in total. The molecule has 0 aliphatic heterocycles. The van der Waals surface area contributed by atoms with Crippen molar-refractivity contribution in [3.05, 3.63) is 46.3 Å². The Hall–Kier alpha value is -1.68. The molecule has 0 saturated carbocycles. The monoisotopic (exact) mass is 260 g/mol.